The minimum absolute atomic E-state index is 0.578. The first-order valence-electron chi connectivity index (χ1n) is 6.36. The minimum atomic E-state index is 0.578. The van der Waals surface area contributed by atoms with Gasteiger partial charge >= 0.3 is 0 Å². The summed E-state index contributed by atoms with van der Waals surface area (Å²) in [5.41, 5.74) is 2.74. The molecule has 0 aliphatic heterocycles. The fraction of sp³-hybridized carbons (Fsp3) is 0.600. The van der Waals surface area contributed by atoms with Gasteiger partial charge < -0.3 is 10.1 Å². The van der Waals surface area contributed by atoms with Gasteiger partial charge in [-0.25, -0.2) is 0 Å². The molecule has 0 saturated carbocycles. The van der Waals surface area contributed by atoms with E-state index < -0.39 is 0 Å². The molecule has 96 valence electrons. The summed E-state index contributed by atoms with van der Waals surface area (Å²) in [6, 6.07) is 8.84. The summed E-state index contributed by atoms with van der Waals surface area (Å²) in [6.45, 7) is 6.26. The zero-order chi connectivity index (χ0) is 12.7. The topological polar surface area (TPSA) is 21.3 Å². The number of rotatable bonds is 7. The van der Waals surface area contributed by atoms with E-state index in [0.29, 0.717) is 11.8 Å². The molecule has 1 rings (SSSR count). The molecule has 0 radical (unpaired) electrons. The lowest BCUT2D eigenvalue weighted by Crippen LogP contribution is -2.28. The van der Waals surface area contributed by atoms with Crippen molar-refractivity contribution in [3.63, 3.8) is 0 Å². The van der Waals surface area contributed by atoms with Gasteiger partial charge in [-0.05, 0) is 44.3 Å². The number of benzene rings is 1. The molecule has 1 N–H and O–H groups in total. The summed E-state index contributed by atoms with van der Waals surface area (Å²) in [5.74, 6) is 1.21. The van der Waals surface area contributed by atoms with Crippen molar-refractivity contribution in [2.45, 2.75) is 20.3 Å². The summed E-state index contributed by atoms with van der Waals surface area (Å²) in [6.07, 6.45) is 1.12. The van der Waals surface area contributed by atoms with Crippen molar-refractivity contribution in [2.75, 3.05) is 27.3 Å². The van der Waals surface area contributed by atoms with Gasteiger partial charge in [0.05, 0.1) is 0 Å². The lowest BCUT2D eigenvalue weighted by atomic mass is 9.88. The van der Waals surface area contributed by atoms with Crippen molar-refractivity contribution in [1.29, 1.82) is 0 Å². The molecule has 0 fully saturated rings. The highest BCUT2D eigenvalue weighted by Crippen LogP contribution is 2.18. The summed E-state index contributed by atoms with van der Waals surface area (Å²) in [7, 11) is 3.79. The van der Waals surface area contributed by atoms with Gasteiger partial charge in [0, 0.05) is 13.7 Å². The number of aryl methyl sites for hydroxylation is 1. The van der Waals surface area contributed by atoms with Crippen molar-refractivity contribution in [3.05, 3.63) is 35.4 Å². The highest BCUT2D eigenvalue weighted by atomic mass is 16.5. The van der Waals surface area contributed by atoms with Crippen molar-refractivity contribution < 1.29 is 4.74 Å². The number of hydrogen-bond donors (Lipinski definition) is 1. The van der Waals surface area contributed by atoms with Crippen LogP contribution in [0.25, 0.3) is 0 Å². The highest BCUT2D eigenvalue weighted by molar-refractivity contribution is 5.21. The van der Waals surface area contributed by atoms with E-state index >= 15 is 0 Å². The van der Waals surface area contributed by atoms with Crippen LogP contribution in [0.3, 0.4) is 0 Å². The van der Waals surface area contributed by atoms with Gasteiger partial charge in [0.25, 0.3) is 0 Å². The Labute approximate surface area is 105 Å². The van der Waals surface area contributed by atoms with Crippen LogP contribution in [0.15, 0.2) is 24.3 Å². The van der Waals surface area contributed by atoms with Crippen LogP contribution in [0.5, 0.6) is 0 Å². The van der Waals surface area contributed by atoms with Gasteiger partial charge in [0.15, 0.2) is 0 Å². The molecule has 0 aliphatic carbocycles. The van der Waals surface area contributed by atoms with E-state index in [1.165, 1.54) is 11.1 Å². The zero-order valence-corrected chi connectivity index (χ0v) is 11.5. The molecule has 0 amide bonds. The zero-order valence-electron chi connectivity index (χ0n) is 11.5. The van der Waals surface area contributed by atoms with Crippen LogP contribution in [0.1, 0.15) is 18.1 Å². The molecular formula is C15H25NO. The summed E-state index contributed by atoms with van der Waals surface area (Å²) < 4.78 is 5.26. The fourth-order valence-electron chi connectivity index (χ4n) is 2.16. The molecule has 2 atom stereocenters. The summed E-state index contributed by atoms with van der Waals surface area (Å²) in [4.78, 5) is 0. The minimum Gasteiger partial charge on any atom is -0.384 e. The van der Waals surface area contributed by atoms with Gasteiger partial charge in [-0.2, -0.15) is 0 Å². The SMILES string of the molecule is CNCC(Cc1ccc(C)cc1)C(C)COC. The molecule has 1 aromatic carbocycles. The molecule has 2 nitrogen and oxygen atoms in total. The van der Waals surface area contributed by atoms with E-state index in [1.54, 1.807) is 7.11 Å². The van der Waals surface area contributed by atoms with Crippen molar-refractivity contribution in [2.24, 2.45) is 11.8 Å². The van der Waals surface area contributed by atoms with E-state index in [4.69, 9.17) is 4.74 Å². The Morgan fingerprint density at radius 3 is 2.41 bits per heavy atom. The third-order valence-corrected chi connectivity index (χ3v) is 3.32. The number of nitrogens with one attached hydrogen (secondary N) is 1. The molecule has 2 heteroatoms. The maximum absolute atomic E-state index is 5.26. The molecule has 17 heavy (non-hydrogen) atoms. The van der Waals surface area contributed by atoms with Crippen LogP contribution in [0, 0.1) is 18.8 Å². The first kappa shape index (κ1) is 14.2. The summed E-state index contributed by atoms with van der Waals surface area (Å²) in [5, 5.41) is 3.28. The van der Waals surface area contributed by atoms with Crippen LogP contribution in [0.4, 0.5) is 0 Å². The number of ether oxygens (including phenoxy) is 1. The van der Waals surface area contributed by atoms with Gasteiger partial charge in [0.1, 0.15) is 0 Å². The van der Waals surface area contributed by atoms with Gasteiger partial charge in [-0.3, -0.25) is 0 Å². The second-order valence-corrected chi connectivity index (χ2v) is 4.94. The van der Waals surface area contributed by atoms with Crippen LogP contribution in [0.2, 0.25) is 0 Å². The Morgan fingerprint density at radius 2 is 1.88 bits per heavy atom. The largest absolute Gasteiger partial charge is 0.384 e. The van der Waals surface area contributed by atoms with E-state index in [1.807, 2.05) is 7.05 Å². The number of methoxy groups -OCH3 is 1. The average Bonchev–Trinajstić information content (AvgIpc) is 2.31. The second-order valence-electron chi connectivity index (χ2n) is 4.94. The first-order valence-corrected chi connectivity index (χ1v) is 6.36. The van der Waals surface area contributed by atoms with Crippen molar-refractivity contribution >= 4 is 0 Å². The monoisotopic (exact) mass is 235 g/mol. The smallest absolute Gasteiger partial charge is 0.0491 e. The Morgan fingerprint density at radius 1 is 1.24 bits per heavy atom. The maximum atomic E-state index is 5.26. The van der Waals surface area contributed by atoms with Crippen molar-refractivity contribution in [3.8, 4) is 0 Å². The lowest BCUT2D eigenvalue weighted by Gasteiger charge is -2.23. The predicted octanol–water partition coefficient (Wildman–Crippen LogP) is 2.66. The summed E-state index contributed by atoms with van der Waals surface area (Å²) >= 11 is 0. The third-order valence-electron chi connectivity index (χ3n) is 3.32. The fourth-order valence-corrected chi connectivity index (χ4v) is 2.16. The lowest BCUT2D eigenvalue weighted by molar-refractivity contribution is 0.129. The second kappa shape index (κ2) is 7.46. The number of hydrogen-bond acceptors (Lipinski definition) is 2. The van der Waals surface area contributed by atoms with Crippen LogP contribution < -0.4 is 5.32 Å². The molecule has 0 aliphatic rings. The van der Waals surface area contributed by atoms with Gasteiger partial charge in [-0.1, -0.05) is 36.8 Å². The highest BCUT2D eigenvalue weighted by Gasteiger charge is 2.16. The van der Waals surface area contributed by atoms with Gasteiger partial charge in [-0.15, -0.1) is 0 Å². The molecule has 0 saturated heterocycles. The quantitative estimate of drug-likeness (QED) is 0.784. The van der Waals surface area contributed by atoms with Gasteiger partial charge in [0.2, 0.25) is 0 Å². The van der Waals surface area contributed by atoms with Crippen LogP contribution in [-0.4, -0.2) is 27.3 Å². The Balaban J connectivity index is 2.62. The molecule has 0 heterocycles. The van der Waals surface area contributed by atoms with Crippen molar-refractivity contribution in [1.82, 2.24) is 5.32 Å². The maximum Gasteiger partial charge on any atom is 0.0491 e. The van der Waals surface area contributed by atoms with E-state index in [-0.39, 0.29) is 0 Å². The average molecular weight is 235 g/mol. The Kier molecular flexibility index (Phi) is 6.23. The Bertz CT molecular complexity index is 307. The molecule has 0 spiro atoms. The standard InChI is InChI=1S/C15H25NO/c1-12-5-7-14(8-6-12)9-15(10-16-3)13(2)11-17-4/h5-8,13,15-16H,9-11H2,1-4H3. The molecule has 2 unspecified atom stereocenters. The third kappa shape index (κ3) is 4.88. The first-order chi connectivity index (χ1) is 8.17. The Hall–Kier alpha value is -0.860. The molecular weight excluding hydrogens is 210 g/mol. The molecule has 1 aromatic rings. The molecule has 0 aromatic heterocycles. The van der Waals surface area contributed by atoms with E-state index in [9.17, 15) is 0 Å². The van der Waals surface area contributed by atoms with Crippen LogP contribution >= 0.6 is 0 Å². The predicted molar refractivity (Wildman–Crippen MR) is 73.3 cm³/mol. The van der Waals surface area contributed by atoms with E-state index in [0.717, 1.165) is 19.6 Å². The van der Waals surface area contributed by atoms with Crippen LogP contribution in [-0.2, 0) is 11.2 Å². The molecule has 0 bridgehead atoms. The normalized spacial score (nSPS) is 14.6. The van der Waals surface area contributed by atoms with E-state index in [2.05, 4.69) is 43.4 Å².